The van der Waals surface area contributed by atoms with Crippen molar-refractivity contribution in [3.8, 4) is 5.75 Å². The number of ether oxygens (including phenoxy) is 2. The summed E-state index contributed by atoms with van der Waals surface area (Å²) in [6.45, 7) is 4.63. The molecular weight excluding hydrogens is 374 g/mol. The van der Waals surface area contributed by atoms with Crippen molar-refractivity contribution in [2.24, 2.45) is 0 Å². The lowest BCUT2D eigenvalue weighted by Gasteiger charge is -2.17. The summed E-state index contributed by atoms with van der Waals surface area (Å²) in [6, 6.07) is 12.1. The van der Waals surface area contributed by atoms with Crippen molar-refractivity contribution in [1.82, 2.24) is 0 Å². The molecule has 5 heteroatoms. The zero-order chi connectivity index (χ0) is 16.8. The van der Waals surface area contributed by atoms with Crippen molar-refractivity contribution in [3.63, 3.8) is 0 Å². The molecule has 0 amide bonds. The molecule has 0 aliphatic carbocycles. The van der Waals surface area contributed by atoms with E-state index in [0.717, 1.165) is 27.9 Å². The molecule has 23 heavy (non-hydrogen) atoms. The van der Waals surface area contributed by atoms with Gasteiger partial charge in [-0.2, -0.15) is 0 Å². The third-order valence-corrected chi connectivity index (χ3v) is 4.42. The second kappa shape index (κ2) is 8.31. The van der Waals surface area contributed by atoms with E-state index < -0.39 is 0 Å². The molecule has 2 aromatic carbocycles. The topological polar surface area (TPSA) is 30.5 Å². The van der Waals surface area contributed by atoms with Crippen molar-refractivity contribution in [2.45, 2.75) is 26.9 Å². The second-order valence-corrected chi connectivity index (χ2v) is 6.36. The number of halogens is 1. The Hall–Kier alpha value is -1.59. The third kappa shape index (κ3) is 4.69. The lowest BCUT2D eigenvalue weighted by Crippen LogP contribution is -2.14. The molecule has 1 N–H and O–H groups in total. The lowest BCUT2D eigenvalue weighted by molar-refractivity contribution is 0.303. The maximum absolute atomic E-state index is 6.01. The van der Waals surface area contributed by atoms with Crippen LogP contribution in [0, 0.1) is 6.92 Å². The molecule has 2 aromatic rings. The normalized spacial score (nSPS) is 10.3. The van der Waals surface area contributed by atoms with Crippen LogP contribution in [0.2, 0.25) is 0 Å². The van der Waals surface area contributed by atoms with Crippen molar-refractivity contribution in [3.05, 3.63) is 57.6 Å². The molecule has 2 rings (SSSR count). The van der Waals surface area contributed by atoms with Gasteiger partial charge in [-0.25, -0.2) is 0 Å². The molecule has 0 radical (unpaired) electrons. The minimum Gasteiger partial charge on any atom is -0.488 e. The van der Waals surface area contributed by atoms with E-state index in [1.165, 1.54) is 11.1 Å². The SMILES string of the molecule is CCc1cccc(NC(=S)OC)c1COc1ccc(C)cc1Br. The van der Waals surface area contributed by atoms with Crippen LogP contribution in [0.15, 0.2) is 40.9 Å². The predicted molar refractivity (Wildman–Crippen MR) is 102 cm³/mol. The van der Waals surface area contributed by atoms with E-state index in [-0.39, 0.29) is 0 Å². The van der Waals surface area contributed by atoms with E-state index in [4.69, 9.17) is 21.7 Å². The highest BCUT2D eigenvalue weighted by Crippen LogP contribution is 2.28. The van der Waals surface area contributed by atoms with Crippen LogP contribution in [-0.2, 0) is 17.8 Å². The Bertz CT molecular complexity index is 703. The van der Waals surface area contributed by atoms with E-state index in [1.54, 1.807) is 7.11 Å². The van der Waals surface area contributed by atoms with Crippen LogP contribution in [0.4, 0.5) is 5.69 Å². The van der Waals surface area contributed by atoms with Gasteiger partial charge in [0.05, 0.1) is 11.6 Å². The number of methoxy groups -OCH3 is 1. The summed E-state index contributed by atoms with van der Waals surface area (Å²) in [7, 11) is 1.55. The van der Waals surface area contributed by atoms with E-state index >= 15 is 0 Å². The Morgan fingerprint density at radius 3 is 2.70 bits per heavy atom. The Kier molecular flexibility index (Phi) is 6.42. The first-order chi connectivity index (χ1) is 11.0. The van der Waals surface area contributed by atoms with Crippen LogP contribution < -0.4 is 10.1 Å². The molecule has 0 saturated heterocycles. The minimum atomic E-state index is 0.344. The smallest absolute Gasteiger partial charge is 0.260 e. The van der Waals surface area contributed by atoms with Gasteiger partial charge in [-0.15, -0.1) is 0 Å². The standard InChI is InChI=1S/C18H20BrNO2S/c1-4-13-6-5-7-16(20-18(23)21-3)14(13)11-22-17-9-8-12(2)10-15(17)19/h5-10H,4,11H2,1-3H3,(H,20,23). The number of benzene rings is 2. The highest BCUT2D eigenvalue weighted by atomic mass is 79.9. The Labute approximate surface area is 151 Å². The highest BCUT2D eigenvalue weighted by Gasteiger charge is 2.11. The summed E-state index contributed by atoms with van der Waals surface area (Å²) >= 11 is 8.65. The molecule has 122 valence electrons. The van der Waals surface area contributed by atoms with Gasteiger partial charge in [0.15, 0.2) is 0 Å². The molecule has 0 atom stereocenters. The molecule has 0 spiro atoms. The van der Waals surface area contributed by atoms with Gasteiger partial charge in [0.25, 0.3) is 5.17 Å². The third-order valence-electron chi connectivity index (χ3n) is 3.54. The molecule has 3 nitrogen and oxygen atoms in total. The fraction of sp³-hybridized carbons (Fsp3) is 0.278. The first-order valence-corrected chi connectivity index (χ1v) is 8.60. The number of rotatable bonds is 5. The average Bonchev–Trinajstić information content (AvgIpc) is 2.54. The zero-order valence-electron chi connectivity index (χ0n) is 13.5. The van der Waals surface area contributed by atoms with Gasteiger partial charge < -0.3 is 14.8 Å². The van der Waals surface area contributed by atoms with Gasteiger partial charge in [0.2, 0.25) is 0 Å². The van der Waals surface area contributed by atoms with Gasteiger partial charge in [-0.3, -0.25) is 0 Å². The summed E-state index contributed by atoms with van der Waals surface area (Å²) in [6.07, 6.45) is 0.920. The van der Waals surface area contributed by atoms with Gasteiger partial charge in [-0.05, 0) is 70.8 Å². The van der Waals surface area contributed by atoms with Crippen molar-refractivity contribution < 1.29 is 9.47 Å². The second-order valence-electron chi connectivity index (χ2n) is 5.14. The van der Waals surface area contributed by atoms with Crippen LogP contribution in [-0.4, -0.2) is 12.3 Å². The Balaban J connectivity index is 2.24. The Morgan fingerprint density at radius 1 is 1.26 bits per heavy atom. The highest BCUT2D eigenvalue weighted by molar-refractivity contribution is 9.10. The van der Waals surface area contributed by atoms with E-state index in [0.29, 0.717) is 11.8 Å². The maximum atomic E-state index is 6.01. The number of hydrogen-bond donors (Lipinski definition) is 1. The van der Waals surface area contributed by atoms with Gasteiger partial charge >= 0.3 is 0 Å². The fourth-order valence-electron chi connectivity index (χ4n) is 2.29. The van der Waals surface area contributed by atoms with Crippen molar-refractivity contribution in [2.75, 3.05) is 12.4 Å². The largest absolute Gasteiger partial charge is 0.488 e. The summed E-state index contributed by atoms with van der Waals surface area (Å²) in [5.74, 6) is 0.821. The molecule has 0 bridgehead atoms. The van der Waals surface area contributed by atoms with Crippen LogP contribution in [0.1, 0.15) is 23.6 Å². The quantitative estimate of drug-likeness (QED) is 0.703. The minimum absolute atomic E-state index is 0.344. The monoisotopic (exact) mass is 393 g/mol. The van der Waals surface area contributed by atoms with Crippen LogP contribution in [0.5, 0.6) is 5.75 Å². The first-order valence-electron chi connectivity index (χ1n) is 7.39. The summed E-state index contributed by atoms with van der Waals surface area (Å²) in [4.78, 5) is 0. The van der Waals surface area contributed by atoms with Gasteiger partial charge in [0.1, 0.15) is 12.4 Å². The van der Waals surface area contributed by atoms with Crippen molar-refractivity contribution in [1.29, 1.82) is 0 Å². The summed E-state index contributed by atoms with van der Waals surface area (Å²) in [5.41, 5.74) is 4.41. The van der Waals surface area contributed by atoms with Crippen molar-refractivity contribution >= 4 is 39.0 Å². The predicted octanol–water partition coefficient (Wildman–Crippen LogP) is 5.24. The summed E-state index contributed by atoms with van der Waals surface area (Å²) in [5, 5.41) is 3.46. The van der Waals surface area contributed by atoms with Crippen LogP contribution in [0.3, 0.4) is 0 Å². The van der Waals surface area contributed by atoms with Gasteiger partial charge in [-0.1, -0.05) is 25.1 Å². The fourth-order valence-corrected chi connectivity index (χ4v) is 3.00. The van der Waals surface area contributed by atoms with Gasteiger partial charge in [0, 0.05) is 11.3 Å². The number of aryl methyl sites for hydroxylation is 2. The zero-order valence-corrected chi connectivity index (χ0v) is 15.9. The van der Waals surface area contributed by atoms with Crippen LogP contribution >= 0.6 is 28.1 Å². The molecule has 0 saturated carbocycles. The first kappa shape index (κ1) is 17.8. The lowest BCUT2D eigenvalue weighted by atomic mass is 10.0. The maximum Gasteiger partial charge on any atom is 0.260 e. The van der Waals surface area contributed by atoms with Crippen LogP contribution in [0.25, 0.3) is 0 Å². The molecule has 0 aliphatic rings. The van der Waals surface area contributed by atoms with E-state index in [2.05, 4.69) is 41.2 Å². The molecule has 0 unspecified atom stereocenters. The molecule has 0 aromatic heterocycles. The number of anilines is 1. The van der Waals surface area contributed by atoms with E-state index in [1.807, 2.05) is 30.3 Å². The molecular formula is C18H20BrNO2S. The number of hydrogen-bond acceptors (Lipinski definition) is 3. The Morgan fingerprint density at radius 2 is 2.04 bits per heavy atom. The molecule has 0 fully saturated rings. The summed E-state index contributed by atoms with van der Waals surface area (Å²) < 4.78 is 12.0. The number of nitrogens with one attached hydrogen (secondary N) is 1. The average molecular weight is 394 g/mol. The van der Waals surface area contributed by atoms with E-state index in [9.17, 15) is 0 Å². The molecule has 0 aliphatic heterocycles. The number of thiocarbonyl (C=S) groups is 1. The molecule has 0 heterocycles.